The van der Waals surface area contributed by atoms with Crippen molar-refractivity contribution in [2.24, 2.45) is 4.99 Å². The van der Waals surface area contributed by atoms with Crippen molar-refractivity contribution in [1.29, 1.82) is 0 Å². The van der Waals surface area contributed by atoms with E-state index in [0.29, 0.717) is 60.6 Å². The molecule has 2 unspecified atom stereocenters. The first-order chi connectivity index (χ1) is 26.0. The van der Waals surface area contributed by atoms with Gasteiger partial charge in [0.15, 0.2) is 6.29 Å². The largest absolute Gasteiger partial charge is 0.368 e. The lowest BCUT2D eigenvalue weighted by atomic mass is 9.79. The summed E-state index contributed by atoms with van der Waals surface area (Å²) in [5.74, 6) is -2.60. The third-order valence-electron chi connectivity index (χ3n) is 11.9. The van der Waals surface area contributed by atoms with E-state index in [0.717, 1.165) is 55.7 Å². The van der Waals surface area contributed by atoms with E-state index < -0.39 is 29.4 Å². The predicted molar refractivity (Wildman–Crippen MR) is 205 cm³/mol. The molecule has 0 aliphatic carbocycles. The number of halogens is 3. The van der Waals surface area contributed by atoms with E-state index in [1.807, 2.05) is 21.9 Å². The first-order valence-electron chi connectivity index (χ1n) is 18.7. The quantitative estimate of drug-likeness (QED) is 0.212. The lowest BCUT2D eigenvalue weighted by molar-refractivity contribution is -0.135. The first-order valence-corrected chi connectivity index (χ1v) is 19.1. The number of carbonyl (C=O) groups is 4. The number of aldehydes is 1. The maximum Gasteiger partial charge on any atom is 0.236 e. The zero-order chi connectivity index (χ0) is 38.3. The fourth-order valence-corrected chi connectivity index (χ4v) is 8.91. The molecule has 4 heterocycles. The van der Waals surface area contributed by atoms with Gasteiger partial charge in [-0.05, 0) is 93.1 Å². The molecule has 0 spiro atoms. The summed E-state index contributed by atoms with van der Waals surface area (Å²) < 4.78 is 30.3. The number of rotatable bonds is 8. The van der Waals surface area contributed by atoms with Crippen molar-refractivity contribution in [2.75, 3.05) is 62.7 Å². The van der Waals surface area contributed by atoms with Crippen LogP contribution < -0.4 is 15.1 Å². The minimum absolute atomic E-state index is 0.0313. The molecule has 4 aliphatic rings. The van der Waals surface area contributed by atoms with Crippen LogP contribution in [0.1, 0.15) is 84.8 Å². The van der Waals surface area contributed by atoms with E-state index in [-0.39, 0.29) is 29.7 Å². The Labute approximate surface area is 319 Å². The number of hydrogen-bond acceptors (Lipinski definition) is 7. The summed E-state index contributed by atoms with van der Waals surface area (Å²) in [6.45, 7) is 7.89. The normalized spacial score (nSPS) is 23.2. The number of imide groups is 1. The summed E-state index contributed by atoms with van der Waals surface area (Å²) >= 11 is 6.49. The van der Waals surface area contributed by atoms with Crippen LogP contribution in [0.2, 0.25) is 5.02 Å². The third kappa shape index (κ3) is 6.79. The van der Waals surface area contributed by atoms with E-state index in [9.17, 15) is 19.2 Å². The van der Waals surface area contributed by atoms with Gasteiger partial charge in [-0.3, -0.25) is 39.3 Å². The Hall–Kier alpha value is -4.68. The number of piperidine rings is 2. The summed E-state index contributed by atoms with van der Waals surface area (Å²) in [6, 6.07) is 14.6. The Kier molecular flexibility index (Phi) is 10.6. The summed E-state index contributed by atoms with van der Waals surface area (Å²) in [4.78, 5) is 62.0. The fourth-order valence-electron chi connectivity index (χ4n) is 8.70. The van der Waals surface area contributed by atoms with Gasteiger partial charge in [0.1, 0.15) is 17.5 Å². The van der Waals surface area contributed by atoms with Gasteiger partial charge in [0.25, 0.3) is 0 Å². The van der Waals surface area contributed by atoms with Gasteiger partial charge in [-0.15, -0.1) is 0 Å². The van der Waals surface area contributed by atoms with E-state index >= 15 is 8.78 Å². The Morgan fingerprint density at radius 3 is 2.31 bits per heavy atom. The number of fused-ring (bicyclic) bond motifs is 1. The van der Waals surface area contributed by atoms with Gasteiger partial charge >= 0.3 is 0 Å². The number of anilines is 3. The van der Waals surface area contributed by atoms with Crippen molar-refractivity contribution >= 4 is 58.5 Å². The van der Waals surface area contributed by atoms with Gasteiger partial charge in [0, 0.05) is 50.9 Å². The average molecular weight is 759 g/mol. The smallest absolute Gasteiger partial charge is 0.236 e. The second-order valence-corrected chi connectivity index (χ2v) is 15.3. The van der Waals surface area contributed by atoms with Crippen LogP contribution in [-0.4, -0.2) is 92.5 Å². The van der Waals surface area contributed by atoms with E-state index in [4.69, 9.17) is 16.6 Å². The van der Waals surface area contributed by atoms with Gasteiger partial charge < -0.3 is 9.80 Å². The van der Waals surface area contributed by atoms with Crippen molar-refractivity contribution < 1.29 is 28.0 Å². The molecule has 13 heteroatoms. The number of piperazine rings is 1. The highest BCUT2D eigenvalue weighted by molar-refractivity contribution is 6.34. The van der Waals surface area contributed by atoms with E-state index in [2.05, 4.69) is 47.2 Å². The highest BCUT2D eigenvalue weighted by atomic mass is 35.5. The number of aliphatic imine (C=N–C) groups is 1. The Bertz CT molecular complexity index is 2000. The molecule has 0 radical (unpaired) electrons. The number of benzene rings is 3. The van der Waals surface area contributed by atoms with Crippen LogP contribution in [0.25, 0.3) is 0 Å². The monoisotopic (exact) mass is 758 g/mol. The van der Waals surface area contributed by atoms with Crippen molar-refractivity contribution in [1.82, 2.24) is 15.1 Å². The number of hydrogen-bond donors (Lipinski definition) is 1. The Morgan fingerprint density at radius 2 is 1.69 bits per heavy atom. The van der Waals surface area contributed by atoms with Crippen molar-refractivity contribution in [3.05, 3.63) is 87.4 Å². The minimum Gasteiger partial charge on any atom is -0.368 e. The number of amides is 3. The Morgan fingerprint density at radius 1 is 0.981 bits per heavy atom. The number of nitrogens with zero attached hydrogens (tertiary/aromatic N) is 5. The molecule has 0 saturated carbocycles. The molecule has 3 saturated heterocycles. The second-order valence-electron chi connectivity index (χ2n) is 14.9. The van der Waals surface area contributed by atoms with Crippen LogP contribution in [-0.2, 0) is 19.8 Å². The molecule has 2 atom stereocenters. The van der Waals surface area contributed by atoms with Crippen LogP contribution in [0.4, 0.5) is 25.8 Å². The molecule has 3 aromatic carbocycles. The van der Waals surface area contributed by atoms with Crippen LogP contribution in [0, 0.1) is 11.6 Å². The molecular weight excluding hydrogens is 714 g/mol. The van der Waals surface area contributed by atoms with Crippen molar-refractivity contribution in [3.63, 3.8) is 0 Å². The number of nitrogens with one attached hydrogen (secondary N) is 1. The third-order valence-corrected chi connectivity index (χ3v) is 12.3. The van der Waals surface area contributed by atoms with E-state index in [1.165, 1.54) is 17.7 Å². The number of likely N-dealkylation sites (tertiary alicyclic amines) is 1. The van der Waals surface area contributed by atoms with Crippen LogP contribution in [0.5, 0.6) is 0 Å². The molecule has 3 amide bonds. The van der Waals surface area contributed by atoms with Crippen molar-refractivity contribution in [3.8, 4) is 0 Å². The molecule has 54 heavy (non-hydrogen) atoms. The zero-order valence-electron chi connectivity index (χ0n) is 30.8. The molecule has 7 rings (SSSR count). The molecule has 3 fully saturated rings. The van der Waals surface area contributed by atoms with Gasteiger partial charge in [-0.2, -0.15) is 0 Å². The maximum absolute atomic E-state index is 15.2. The van der Waals surface area contributed by atoms with Gasteiger partial charge in [0.2, 0.25) is 17.7 Å². The summed E-state index contributed by atoms with van der Waals surface area (Å²) in [5.41, 5.74) is 4.23. The zero-order valence-corrected chi connectivity index (χ0v) is 31.6. The first kappa shape index (κ1) is 37.6. The molecule has 4 aliphatic heterocycles. The van der Waals surface area contributed by atoms with Crippen LogP contribution in [0.3, 0.4) is 0 Å². The topological polar surface area (TPSA) is 106 Å². The molecule has 10 nitrogen and oxygen atoms in total. The summed E-state index contributed by atoms with van der Waals surface area (Å²) in [6.07, 6.45) is 3.51. The standard InChI is InChI=1S/C41H45ClF2N6O4/c1-4-41(2)30-10-8-26(20-35(30)50(40(41)45-3)34-7-5-6-31(42)29(34)24-51)25-12-14-47(15-13-25)23-37(53)49-18-16-48(17-19-49)27-21-32(43)38(33(44)22-27)28-9-11-36(52)46-39(28)54/h5-8,10,20-22,24-25,28H,4,9,11-19,23H2,1-3H3,(H,46,52,54). The maximum atomic E-state index is 15.2. The highest BCUT2D eigenvalue weighted by Gasteiger charge is 2.45. The summed E-state index contributed by atoms with van der Waals surface area (Å²) in [7, 11) is 1.79. The fraction of sp³-hybridized carbons (Fsp3) is 0.439. The Balaban J connectivity index is 0.970. The molecule has 3 aromatic rings. The van der Waals surface area contributed by atoms with E-state index in [1.54, 1.807) is 13.1 Å². The van der Waals surface area contributed by atoms with Crippen LogP contribution >= 0.6 is 11.6 Å². The van der Waals surface area contributed by atoms with Gasteiger partial charge in [0.05, 0.1) is 39.8 Å². The van der Waals surface area contributed by atoms with Gasteiger partial charge in [-0.25, -0.2) is 8.78 Å². The molecule has 284 valence electrons. The lowest BCUT2D eigenvalue weighted by Crippen LogP contribution is -2.52. The lowest BCUT2D eigenvalue weighted by Gasteiger charge is -2.38. The minimum atomic E-state index is -1.05. The number of amidine groups is 1. The van der Waals surface area contributed by atoms with Crippen molar-refractivity contribution in [2.45, 2.75) is 63.2 Å². The molecular formula is C41H45ClF2N6O4. The van der Waals surface area contributed by atoms with Crippen LogP contribution in [0.15, 0.2) is 53.5 Å². The molecule has 0 bridgehead atoms. The highest BCUT2D eigenvalue weighted by Crippen LogP contribution is 2.50. The predicted octanol–water partition coefficient (Wildman–Crippen LogP) is 6.33. The number of carbonyl (C=O) groups excluding carboxylic acids is 4. The van der Waals surface area contributed by atoms with Gasteiger partial charge in [-0.1, -0.05) is 36.7 Å². The second kappa shape index (κ2) is 15.2. The molecule has 0 aromatic heterocycles. The molecule has 1 N–H and O–H groups in total. The summed E-state index contributed by atoms with van der Waals surface area (Å²) in [5, 5.41) is 2.56. The SMILES string of the molecule is CCC1(C)C(=NC)N(c2cccc(Cl)c2C=O)c2cc(C3CCN(CC(=O)N4CCN(c5cc(F)c(C6CCC(=O)NC6=O)c(F)c5)CC4)CC3)ccc21. The average Bonchev–Trinajstić information content (AvgIpc) is 3.42.